The van der Waals surface area contributed by atoms with Crippen LogP contribution in [-0.2, 0) is 4.74 Å². The summed E-state index contributed by atoms with van der Waals surface area (Å²) in [5.41, 5.74) is 1.83. The summed E-state index contributed by atoms with van der Waals surface area (Å²) in [6.45, 7) is 12.1. The van der Waals surface area contributed by atoms with Crippen molar-refractivity contribution in [1.29, 1.82) is 0 Å². The molecular formula is C32H49N5O6. The Hall–Kier alpha value is -3.15. The highest BCUT2D eigenvalue weighted by molar-refractivity contribution is 6.03. The van der Waals surface area contributed by atoms with E-state index in [4.69, 9.17) is 14.0 Å². The van der Waals surface area contributed by atoms with Gasteiger partial charge in [0.2, 0.25) is 0 Å². The van der Waals surface area contributed by atoms with Crippen LogP contribution in [-0.4, -0.2) is 90.1 Å². The fraction of sp³-hybridized carbons (Fsp3) is 0.656. The van der Waals surface area contributed by atoms with Crippen LogP contribution in [0.15, 0.2) is 22.7 Å². The molecule has 0 unspecified atom stereocenters. The van der Waals surface area contributed by atoms with E-state index in [0.29, 0.717) is 47.3 Å². The van der Waals surface area contributed by atoms with Gasteiger partial charge in [-0.05, 0) is 91.0 Å². The topological polar surface area (TPSA) is 129 Å². The lowest BCUT2D eigenvalue weighted by atomic mass is 10.0. The van der Waals surface area contributed by atoms with Crippen molar-refractivity contribution in [2.45, 2.75) is 85.0 Å². The van der Waals surface area contributed by atoms with Gasteiger partial charge in [0, 0.05) is 37.8 Å². The predicted molar refractivity (Wildman–Crippen MR) is 166 cm³/mol. The van der Waals surface area contributed by atoms with E-state index in [9.17, 15) is 14.7 Å². The van der Waals surface area contributed by atoms with Gasteiger partial charge >= 0.3 is 6.03 Å². The lowest BCUT2D eigenvalue weighted by molar-refractivity contribution is -0.0172. The molecule has 1 aliphatic carbocycles. The maximum absolute atomic E-state index is 14.3. The maximum Gasteiger partial charge on any atom is 0.323 e. The third-order valence-corrected chi connectivity index (χ3v) is 8.34. The van der Waals surface area contributed by atoms with Crippen molar-refractivity contribution < 1.29 is 28.7 Å². The minimum atomic E-state index is -0.485. The molecule has 1 aliphatic heterocycles. The van der Waals surface area contributed by atoms with Crippen molar-refractivity contribution in [3.8, 4) is 5.75 Å². The van der Waals surface area contributed by atoms with Gasteiger partial charge in [-0.25, -0.2) is 4.79 Å². The van der Waals surface area contributed by atoms with Crippen LogP contribution in [0.3, 0.4) is 0 Å². The van der Waals surface area contributed by atoms with E-state index < -0.39 is 12.1 Å². The molecule has 2 heterocycles. The summed E-state index contributed by atoms with van der Waals surface area (Å²) in [5.74, 6) is 1.48. The number of amides is 3. The molecule has 4 rings (SSSR count). The van der Waals surface area contributed by atoms with E-state index in [0.717, 1.165) is 38.3 Å². The number of hydrogen-bond acceptors (Lipinski definition) is 8. The first-order valence-corrected chi connectivity index (χ1v) is 15.6. The molecule has 43 heavy (non-hydrogen) atoms. The lowest BCUT2D eigenvalue weighted by Crippen LogP contribution is -2.47. The molecule has 1 aromatic carbocycles. The largest absolute Gasteiger partial charge is 0.490 e. The van der Waals surface area contributed by atoms with Gasteiger partial charge in [0.05, 0.1) is 30.4 Å². The Bertz CT molecular complexity index is 1210. The zero-order valence-electron chi connectivity index (χ0n) is 26.5. The minimum absolute atomic E-state index is 0.0213. The molecule has 1 fully saturated rings. The number of benzene rings is 1. The number of likely N-dealkylation sites (N-methyl/N-ethyl adjacent to an activating group) is 1. The number of aromatic nitrogens is 1. The molecule has 11 nitrogen and oxygen atoms in total. The van der Waals surface area contributed by atoms with Crippen molar-refractivity contribution in [2.75, 3.05) is 50.5 Å². The summed E-state index contributed by atoms with van der Waals surface area (Å²) in [6.07, 6.45) is 5.09. The van der Waals surface area contributed by atoms with Gasteiger partial charge in [0.1, 0.15) is 17.1 Å². The molecule has 1 saturated carbocycles. The summed E-state index contributed by atoms with van der Waals surface area (Å²) in [5, 5.41) is 19.6. The Morgan fingerprint density at radius 3 is 2.60 bits per heavy atom. The predicted octanol–water partition coefficient (Wildman–Crippen LogP) is 5.07. The Kier molecular flexibility index (Phi) is 11.5. The number of hydrogen-bond donors (Lipinski definition) is 3. The number of nitrogens with one attached hydrogen (secondary N) is 2. The van der Waals surface area contributed by atoms with Crippen molar-refractivity contribution in [3.63, 3.8) is 0 Å². The van der Waals surface area contributed by atoms with Crippen LogP contribution in [0.1, 0.15) is 74.7 Å². The van der Waals surface area contributed by atoms with Crippen molar-refractivity contribution in [3.05, 3.63) is 35.2 Å². The number of ether oxygens (including phenoxy) is 2. The second kappa shape index (κ2) is 15.0. The number of carbonyl (C=O) groups is 2. The van der Waals surface area contributed by atoms with Gasteiger partial charge in [0.25, 0.3) is 5.91 Å². The third-order valence-electron chi connectivity index (χ3n) is 8.34. The molecule has 4 atom stereocenters. The van der Waals surface area contributed by atoms with E-state index in [2.05, 4.69) is 34.7 Å². The van der Waals surface area contributed by atoms with E-state index in [1.54, 1.807) is 36.9 Å². The first-order chi connectivity index (χ1) is 20.5. The summed E-state index contributed by atoms with van der Waals surface area (Å²) in [6, 6.07) is 4.17. The molecule has 0 bridgehead atoms. The van der Waals surface area contributed by atoms with Gasteiger partial charge < -0.3 is 39.5 Å². The van der Waals surface area contributed by atoms with Crippen LogP contribution in [0.5, 0.6) is 5.75 Å². The second-order valence-electron chi connectivity index (χ2n) is 12.5. The smallest absolute Gasteiger partial charge is 0.323 e. The van der Waals surface area contributed by atoms with Gasteiger partial charge in [-0.15, -0.1) is 0 Å². The molecule has 0 spiro atoms. The molecule has 2 aromatic rings. The van der Waals surface area contributed by atoms with Gasteiger partial charge in [0.15, 0.2) is 5.76 Å². The first kappa shape index (κ1) is 32.8. The molecule has 11 heteroatoms. The highest BCUT2D eigenvalue weighted by atomic mass is 16.5. The average Bonchev–Trinajstić information content (AvgIpc) is 3.73. The summed E-state index contributed by atoms with van der Waals surface area (Å²) < 4.78 is 17.9. The van der Waals surface area contributed by atoms with E-state index >= 15 is 0 Å². The Labute approximate surface area is 255 Å². The number of rotatable bonds is 8. The fourth-order valence-corrected chi connectivity index (χ4v) is 5.52. The van der Waals surface area contributed by atoms with Gasteiger partial charge in [-0.2, -0.15) is 0 Å². The SMILES string of the molecule is Cc1noc(C)c1NC(=O)Nc1ccc2c(c1)C(=O)N([C@@H](C)CO)C[C@@H](C)[C@H](CN(C)CC1CC1)OCCCC[C@@H](C)O2. The van der Waals surface area contributed by atoms with Crippen molar-refractivity contribution in [1.82, 2.24) is 15.0 Å². The number of anilines is 2. The van der Waals surface area contributed by atoms with E-state index in [1.165, 1.54) is 12.8 Å². The van der Waals surface area contributed by atoms with Gasteiger partial charge in [-0.1, -0.05) is 12.1 Å². The van der Waals surface area contributed by atoms with Crippen molar-refractivity contribution >= 4 is 23.3 Å². The Balaban J connectivity index is 1.60. The second-order valence-corrected chi connectivity index (χ2v) is 12.5. The van der Waals surface area contributed by atoms with Crippen LogP contribution in [0, 0.1) is 25.7 Å². The van der Waals surface area contributed by atoms with Crippen LogP contribution in [0.2, 0.25) is 0 Å². The van der Waals surface area contributed by atoms with E-state index in [1.807, 2.05) is 13.8 Å². The van der Waals surface area contributed by atoms with Crippen LogP contribution in [0.4, 0.5) is 16.2 Å². The fourth-order valence-electron chi connectivity index (χ4n) is 5.52. The molecule has 3 N–H and O–H groups in total. The number of nitrogens with zero attached hydrogens (tertiary/aromatic N) is 3. The third kappa shape index (κ3) is 9.17. The summed E-state index contributed by atoms with van der Waals surface area (Å²) in [7, 11) is 2.14. The zero-order chi connectivity index (χ0) is 31.1. The summed E-state index contributed by atoms with van der Waals surface area (Å²) in [4.78, 5) is 31.2. The normalized spacial score (nSPS) is 22.8. The van der Waals surface area contributed by atoms with Crippen LogP contribution >= 0.6 is 0 Å². The highest BCUT2D eigenvalue weighted by Crippen LogP contribution is 2.31. The molecule has 0 saturated heterocycles. The minimum Gasteiger partial charge on any atom is -0.490 e. The molecule has 238 valence electrons. The first-order valence-electron chi connectivity index (χ1n) is 15.6. The number of urea groups is 1. The Morgan fingerprint density at radius 2 is 1.93 bits per heavy atom. The standard InChI is InChI=1S/C32H49N5O6/c1-20-16-37(21(2)19-38)31(39)27-15-26(33-32(40)34-30-23(4)35-43-24(30)5)12-13-28(27)42-22(3)9-7-8-14-41-29(20)18-36(6)17-25-10-11-25/h12-13,15,20-22,25,29,38H,7-11,14,16-19H2,1-6H3,(H2,33,34,40)/t20-,21+,22-,29+/m1/s1. The molecular weight excluding hydrogens is 550 g/mol. The van der Waals surface area contributed by atoms with Crippen molar-refractivity contribution in [2.24, 2.45) is 11.8 Å². The quantitative estimate of drug-likeness (QED) is 0.384. The zero-order valence-corrected chi connectivity index (χ0v) is 26.5. The molecule has 1 aromatic heterocycles. The number of aliphatic hydroxyl groups excluding tert-OH is 1. The number of aryl methyl sites for hydroxylation is 2. The highest BCUT2D eigenvalue weighted by Gasteiger charge is 2.31. The summed E-state index contributed by atoms with van der Waals surface area (Å²) >= 11 is 0. The molecule has 3 amide bonds. The number of aliphatic hydroxyl groups is 1. The van der Waals surface area contributed by atoms with Crippen LogP contribution in [0.25, 0.3) is 0 Å². The monoisotopic (exact) mass is 599 g/mol. The lowest BCUT2D eigenvalue weighted by Gasteiger charge is -2.36. The average molecular weight is 600 g/mol. The van der Waals surface area contributed by atoms with E-state index in [-0.39, 0.29) is 30.6 Å². The number of carbonyl (C=O) groups excluding carboxylic acids is 2. The Morgan fingerprint density at radius 1 is 1.16 bits per heavy atom. The van der Waals surface area contributed by atoms with Gasteiger partial charge in [-0.3, -0.25) is 4.79 Å². The van der Waals surface area contributed by atoms with Crippen LogP contribution < -0.4 is 15.4 Å². The molecule has 2 aliphatic rings. The maximum atomic E-state index is 14.3. The molecule has 0 radical (unpaired) electrons. The number of fused-ring (bicyclic) bond motifs is 1.